The molecule has 2 amide bonds. The molecule has 3 aliphatic rings. The maximum absolute atomic E-state index is 13.1. The molecule has 1 atom stereocenters. The van der Waals surface area contributed by atoms with E-state index in [0.29, 0.717) is 29.5 Å². The standard InChI is InChI=1S/C22H28N4O3/c27-21(23-14-17-7-4-12-29-17)15-8-9-19-18(13-15)24-20-22(28)25(10-11-26(19)20)16-5-2-1-3-6-16/h8-9,13,16-17H,1-7,10-12,14H2,(H,23,27). The maximum Gasteiger partial charge on any atom is 0.290 e. The Hall–Kier alpha value is -2.41. The minimum Gasteiger partial charge on any atom is -0.376 e. The molecule has 29 heavy (non-hydrogen) atoms. The molecule has 3 heterocycles. The summed E-state index contributed by atoms with van der Waals surface area (Å²) in [5, 5.41) is 2.95. The van der Waals surface area contributed by atoms with Gasteiger partial charge in [-0.25, -0.2) is 4.98 Å². The Labute approximate surface area is 170 Å². The number of rotatable bonds is 4. The third-order valence-electron chi connectivity index (χ3n) is 6.56. The highest BCUT2D eigenvalue weighted by Gasteiger charge is 2.33. The van der Waals surface area contributed by atoms with Crippen LogP contribution >= 0.6 is 0 Å². The van der Waals surface area contributed by atoms with Crippen LogP contribution < -0.4 is 5.32 Å². The lowest BCUT2D eigenvalue weighted by Crippen LogP contribution is -2.47. The highest BCUT2D eigenvalue weighted by molar-refractivity contribution is 6.00. The molecule has 2 fully saturated rings. The van der Waals surface area contributed by atoms with E-state index in [2.05, 4.69) is 10.3 Å². The van der Waals surface area contributed by atoms with Crippen molar-refractivity contribution in [2.45, 2.75) is 63.6 Å². The largest absolute Gasteiger partial charge is 0.376 e. The molecule has 1 aliphatic carbocycles. The molecule has 0 bridgehead atoms. The molecule has 2 aromatic rings. The zero-order valence-electron chi connectivity index (χ0n) is 16.7. The third kappa shape index (κ3) is 3.52. The van der Waals surface area contributed by atoms with Gasteiger partial charge in [-0.1, -0.05) is 19.3 Å². The number of nitrogens with one attached hydrogen (secondary N) is 1. The molecule has 1 unspecified atom stereocenters. The second kappa shape index (κ2) is 7.78. The summed E-state index contributed by atoms with van der Waals surface area (Å²) in [6.45, 7) is 2.81. The van der Waals surface area contributed by atoms with Crippen molar-refractivity contribution in [2.75, 3.05) is 19.7 Å². The number of imidazole rings is 1. The summed E-state index contributed by atoms with van der Waals surface area (Å²) >= 11 is 0. The van der Waals surface area contributed by atoms with E-state index in [1.54, 1.807) is 6.07 Å². The first-order valence-corrected chi connectivity index (χ1v) is 10.9. The summed E-state index contributed by atoms with van der Waals surface area (Å²) < 4.78 is 7.57. The van der Waals surface area contributed by atoms with E-state index in [0.717, 1.165) is 50.9 Å². The van der Waals surface area contributed by atoms with E-state index in [4.69, 9.17) is 4.74 Å². The summed E-state index contributed by atoms with van der Waals surface area (Å²) in [6.07, 6.45) is 8.04. The number of ether oxygens (including phenoxy) is 1. The van der Waals surface area contributed by atoms with Crippen molar-refractivity contribution < 1.29 is 14.3 Å². The van der Waals surface area contributed by atoms with Gasteiger partial charge in [-0.15, -0.1) is 0 Å². The van der Waals surface area contributed by atoms with Crippen molar-refractivity contribution in [3.63, 3.8) is 0 Å². The number of aromatic nitrogens is 2. The summed E-state index contributed by atoms with van der Waals surface area (Å²) in [6, 6.07) is 5.88. The number of carbonyl (C=O) groups is 2. The first-order chi connectivity index (χ1) is 14.2. The average molecular weight is 396 g/mol. The lowest BCUT2D eigenvalue weighted by molar-refractivity contribution is 0.0566. The fourth-order valence-electron chi connectivity index (χ4n) is 4.95. The molecule has 7 nitrogen and oxygen atoms in total. The van der Waals surface area contributed by atoms with Gasteiger partial charge in [0.15, 0.2) is 5.82 Å². The van der Waals surface area contributed by atoms with Crippen LogP contribution in [0.15, 0.2) is 18.2 Å². The number of nitrogens with zero attached hydrogens (tertiary/aromatic N) is 3. The quantitative estimate of drug-likeness (QED) is 0.862. The Morgan fingerprint density at radius 3 is 2.79 bits per heavy atom. The van der Waals surface area contributed by atoms with E-state index in [1.165, 1.54) is 19.3 Å². The highest BCUT2D eigenvalue weighted by atomic mass is 16.5. The molecule has 0 radical (unpaired) electrons. The predicted octanol–water partition coefficient (Wildman–Crippen LogP) is 2.73. The molecular formula is C22H28N4O3. The highest BCUT2D eigenvalue weighted by Crippen LogP contribution is 2.28. The topological polar surface area (TPSA) is 76.5 Å². The van der Waals surface area contributed by atoms with E-state index >= 15 is 0 Å². The van der Waals surface area contributed by atoms with Gasteiger partial charge in [0, 0.05) is 37.8 Å². The van der Waals surface area contributed by atoms with Gasteiger partial charge >= 0.3 is 0 Å². The summed E-state index contributed by atoms with van der Waals surface area (Å²) in [5.41, 5.74) is 2.21. The van der Waals surface area contributed by atoms with E-state index in [-0.39, 0.29) is 17.9 Å². The SMILES string of the molecule is O=C(NCC1CCCO1)c1ccc2c(c1)nc1n2CCN(C2CCCCC2)C1=O. The molecule has 1 saturated heterocycles. The number of amides is 2. The van der Waals surface area contributed by atoms with E-state index in [1.807, 2.05) is 21.6 Å². The molecule has 1 N–H and O–H groups in total. The average Bonchev–Trinajstić information content (AvgIpc) is 3.40. The molecule has 154 valence electrons. The Morgan fingerprint density at radius 2 is 2.00 bits per heavy atom. The second-order valence-corrected chi connectivity index (χ2v) is 8.43. The summed E-state index contributed by atoms with van der Waals surface area (Å²) in [5.74, 6) is 0.418. The summed E-state index contributed by atoms with van der Waals surface area (Å²) in [7, 11) is 0. The van der Waals surface area contributed by atoms with Crippen molar-refractivity contribution in [3.8, 4) is 0 Å². The normalized spacial score (nSPS) is 22.8. The fraction of sp³-hybridized carbons (Fsp3) is 0.591. The maximum atomic E-state index is 13.1. The van der Waals surface area contributed by atoms with E-state index in [9.17, 15) is 9.59 Å². The number of fused-ring (bicyclic) bond motifs is 3. The minimum atomic E-state index is -0.122. The Morgan fingerprint density at radius 1 is 1.14 bits per heavy atom. The number of carbonyl (C=O) groups excluding carboxylic acids is 2. The number of hydrogen-bond acceptors (Lipinski definition) is 4. The fourth-order valence-corrected chi connectivity index (χ4v) is 4.95. The van der Waals surface area contributed by atoms with Crippen molar-refractivity contribution in [1.29, 1.82) is 0 Å². The Bertz CT molecular complexity index is 926. The lowest BCUT2D eigenvalue weighted by Gasteiger charge is -2.36. The van der Waals surface area contributed by atoms with Crippen LogP contribution in [0.25, 0.3) is 11.0 Å². The van der Waals surface area contributed by atoms with Crippen LogP contribution in [-0.2, 0) is 11.3 Å². The number of hydrogen-bond donors (Lipinski definition) is 1. The smallest absolute Gasteiger partial charge is 0.290 e. The van der Waals surface area contributed by atoms with Crippen LogP contribution in [0.5, 0.6) is 0 Å². The first-order valence-electron chi connectivity index (χ1n) is 10.9. The second-order valence-electron chi connectivity index (χ2n) is 8.43. The van der Waals surface area contributed by atoms with Crippen LogP contribution in [0.1, 0.15) is 65.9 Å². The van der Waals surface area contributed by atoms with Crippen molar-refractivity contribution >= 4 is 22.8 Å². The molecule has 0 spiro atoms. The van der Waals surface area contributed by atoms with Crippen LogP contribution in [0.2, 0.25) is 0 Å². The summed E-state index contributed by atoms with van der Waals surface area (Å²) in [4.78, 5) is 32.3. The molecule has 7 heteroatoms. The van der Waals surface area contributed by atoms with Gasteiger partial charge in [0.25, 0.3) is 11.8 Å². The first kappa shape index (κ1) is 18.6. The lowest BCUT2D eigenvalue weighted by atomic mass is 9.94. The molecule has 1 aromatic carbocycles. The zero-order chi connectivity index (χ0) is 19.8. The third-order valence-corrected chi connectivity index (χ3v) is 6.56. The van der Waals surface area contributed by atoms with Gasteiger partial charge in [0.1, 0.15) is 0 Å². The van der Waals surface area contributed by atoms with Crippen LogP contribution in [0.4, 0.5) is 0 Å². The predicted molar refractivity (Wildman–Crippen MR) is 109 cm³/mol. The van der Waals surface area contributed by atoms with E-state index < -0.39 is 0 Å². The van der Waals surface area contributed by atoms with Gasteiger partial charge in [0.05, 0.1) is 17.1 Å². The molecular weight excluding hydrogens is 368 g/mol. The van der Waals surface area contributed by atoms with Crippen molar-refractivity contribution in [1.82, 2.24) is 19.8 Å². The number of benzene rings is 1. The van der Waals surface area contributed by atoms with Crippen LogP contribution in [0.3, 0.4) is 0 Å². The van der Waals surface area contributed by atoms with Gasteiger partial charge < -0.3 is 19.5 Å². The van der Waals surface area contributed by atoms with Gasteiger partial charge in [-0.05, 0) is 43.9 Å². The van der Waals surface area contributed by atoms with Crippen molar-refractivity contribution in [2.24, 2.45) is 0 Å². The van der Waals surface area contributed by atoms with Crippen LogP contribution in [-0.4, -0.2) is 58.1 Å². The van der Waals surface area contributed by atoms with Gasteiger partial charge in [-0.2, -0.15) is 0 Å². The van der Waals surface area contributed by atoms with Crippen LogP contribution in [0, 0.1) is 0 Å². The molecule has 2 aliphatic heterocycles. The zero-order valence-corrected chi connectivity index (χ0v) is 16.7. The molecule has 1 aromatic heterocycles. The minimum absolute atomic E-state index is 0.0312. The Balaban J connectivity index is 1.35. The van der Waals surface area contributed by atoms with Crippen molar-refractivity contribution in [3.05, 3.63) is 29.6 Å². The monoisotopic (exact) mass is 396 g/mol. The molecule has 5 rings (SSSR count). The Kier molecular flexibility index (Phi) is 4.99. The van der Waals surface area contributed by atoms with Gasteiger partial charge in [0.2, 0.25) is 0 Å². The van der Waals surface area contributed by atoms with Gasteiger partial charge in [-0.3, -0.25) is 9.59 Å². The molecule has 1 saturated carbocycles.